The van der Waals surface area contributed by atoms with Gasteiger partial charge >= 0.3 is 0 Å². The van der Waals surface area contributed by atoms with Crippen LogP contribution in [0.2, 0.25) is 0 Å². The molecule has 1 amide bonds. The summed E-state index contributed by atoms with van der Waals surface area (Å²) < 4.78 is 7.81. The average molecular weight is 384 g/mol. The van der Waals surface area contributed by atoms with Crippen LogP contribution in [0.4, 0.5) is 0 Å². The molecule has 1 aromatic carbocycles. The highest BCUT2D eigenvalue weighted by atomic mass is 16.5. The number of benzene rings is 1. The number of nitrogens with one attached hydrogen (secondary N) is 1. The summed E-state index contributed by atoms with van der Waals surface area (Å²) in [6.07, 6.45) is 5.36. The molecule has 2 aromatic rings. The Labute approximate surface area is 165 Å². The van der Waals surface area contributed by atoms with Crippen molar-refractivity contribution in [2.45, 2.75) is 37.5 Å². The number of ether oxygens (including phenoxy) is 1. The number of aliphatic hydroxyl groups excluding tert-OH is 1. The summed E-state index contributed by atoms with van der Waals surface area (Å²) in [5.74, 6) is 0.771. The van der Waals surface area contributed by atoms with Crippen molar-refractivity contribution in [1.29, 1.82) is 0 Å². The molecule has 1 aromatic heterocycles. The van der Waals surface area contributed by atoms with Crippen LogP contribution in [0.3, 0.4) is 0 Å². The number of nitrogens with zero attached hydrogens (tertiary/aromatic N) is 3. The molecule has 2 heterocycles. The van der Waals surface area contributed by atoms with Gasteiger partial charge in [0.05, 0.1) is 12.5 Å². The number of likely N-dealkylation sites (tertiary alicyclic amines) is 1. The van der Waals surface area contributed by atoms with Gasteiger partial charge in [0.2, 0.25) is 0 Å². The summed E-state index contributed by atoms with van der Waals surface area (Å²) in [7, 11) is 1.80. The summed E-state index contributed by atoms with van der Waals surface area (Å²) in [6, 6.07) is 9.63. The number of hydrogen-bond acceptors (Lipinski definition) is 5. The summed E-state index contributed by atoms with van der Waals surface area (Å²) >= 11 is 0. The summed E-state index contributed by atoms with van der Waals surface area (Å²) in [5, 5.41) is 14.1. The topological polar surface area (TPSA) is 79.6 Å². The number of amides is 1. The van der Waals surface area contributed by atoms with Gasteiger partial charge < -0.3 is 19.7 Å². The Morgan fingerprint density at radius 2 is 2.04 bits per heavy atom. The Morgan fingerprint density at radius 3 is 2.71 bits per heavy atom. The molecule has 1 saturated carbocycles. The molecule has 150 valence electrons. The third kappa shape index (κ3) is 3.91. The minimum absolute atomic E-state index is 0.00282. The molecule has 1 aliphatic carbocycles. The number of aliphatic hydroxyl groups is 1. The first-order valence-corrected chi connectivity index (χ1v) is 10.0. The summed E-state index contributed by atoms with van der Waals surface area (Å²) in [6.45, 7) is 2.49. The van der Waals surface area contributed by atoms with Gasteiger partial charge in [-0.15, -0.1) is 0 Å². The van der Waals surface area contributed by atoms with Crippen LogP contribution in [0.5, 0.6) is 5.75 Å². The minimum Gasteiger partial charge on any atom is -0.488 e. The Morgan fingerprint density at radius 1 is 1.29 bits per heavy atom. The monoisotopic (exact) mass is 384 g/mol. The molecule has 4 atom stereocenters. The fraction of sp³-hybridized carbons (Fsp3) is 0.524. The Hall–Kier alpha value is -2.38. The standard InChI is InChI=1S/C21H28N4O3/c1-24-14-22-13-17(24)21(27)23-12-15-11-18(28-16-7-3-2-4-8-16)20(26)19(15)25-9-5-6-10-25/h2-4,7-8,13-15,18-20,26H,5-6,9-12H2,1H3,(H,23,27)/t15-,18+,19-,20-/m0/s1. The van der Waals surface area contributed by atoms with Gasteiger partial charge in [0, 0.05) is 19.6 Å². The number of aryl methyl sites for hydroxylation is 1. The fourth-order valence-electron chi connectivity index (χ4n) is 4.52. The molecule has 2 N–H and O–H groups in total. The van der Waals surface area contributed by atoms with Gasteiger partial charge in [0.25, 0.3) is 5.91 Å². The second-order valence-corrected chi connectivity index (χ2v) is 7.79. The molecule has 0 unspecified atom stereocenters. The van der Waals surface area contributed by atoms with E-state index in [0.29, 0.717) is 18.7 Å². The number of aromatic nitrogens is 2. The van der Waals surface area contributed by atoms with Crippen molar-refractivity contribution in [1.82, 2.24) is 19.8 Å². The van der Waals surface area contributed by atoms with Gasteiger partial charge in [-0.05, 0) is 50.4 Å². The average Bonchev–Trinajstić information content (AvgIpc) is 3.42. The first-order valence-electron chi connectivity index (χ1n) is 10.0. The van der Waals surface area contributed by atoms with Gasteiger partial charge in [-0.3, -0.25) is 9.69 Å². The highest BCUT2D eigenvalue weighted by Gasteiger charge is 2.47. The van der Waals surface area contributed by atoms with Crippen LogP contribution >= 0.6 is 0 Å². The van der Waals surface area contributed by atoms with E-state index in [0.717, 1.165) is 31.7 Å². The third-order valence-electron chi connectivity index (χ3n) is 5.92. The zero-order valence-electron chi connectivity index (χ0n) is 16.2. The van der Waals surface area contributed by atoms with E-state index in [9.17, 15) is 9.90 Å². The molecule has 7 heteroatoms. The van der Waals surface area contributed by atoms with Crippen molar-refractivity contribution in [2.75, 3.05) is 19.6 Å². The number of imidazole rings is 1. The normalized spacial score (nSPS) is 27.8. The van der Waals surface area contributed by atoms with Crippen LogP contribution in [0.25, 0.3) is 0 Å². The molecule has 7 nitrogen and oxygen atoms in total. The highest BCUT2D eigenvalue weighted by molar-refractivity contribution is 5.92. The maximum Gasteiger partial charge on any atom is 0.269 e. The van der Waals surface area contributed by atoms with Crippen LogP contribution in [0.15, 0.2) is 42.9 Å². The first-order chi connectivity index (χ1) is 13.6. The molecule has 28 heavy (non-hydrogen) atoms. The number of rotatable bonds is 6. The van der Waals surface area contributed by atoms with Crippen molar-refractivity contribution in [2.24, 2.45) is 13.0 Å². The highest BCUT2D eigenvalue weighted by Crippen LogP contribution is 2.35. The number of carbonyl (C=O) groups is 1. The number of carbonyl (C=O) groups excluding carboxylic acids is 1. The van der Waals surface area contributed by atoms with Crippen LogP contribution < -0.4 is 10.1 Å². The lowest BCUT2D eigenvalue weighted by atomic mass is 10.0. The molecule has 2 aliphatic rings. The van der Waals surface area contributed by atoms with Crippen molar-refractivity contribution >= 4 is 5.91 Å². The largest absolute Gasteiger partial charge is 0.488 e. The number of para-hydroxylation sites is 1. The SMILES string of the molecule is Cn1cncc1C(=O)NC[C@@H]1C[C@@H](Oc2ccccc2)[C@H](O)[C@H]1N1CCCC1. The molecule has 0 spiro atoms. The quantitative estimate of drug-likeness (QED) is 0.788. The van der Waals surface area contributed by atoms with Crippen LogP contribution in [0.1, 0.15) is 29.8 Å². The van der Waals surface area contributed by atoms with Crippen LogP contribution in [0, 0.1) is 5.92 Å². The zero-order chi connectivity index (χ0) is 19.5. The molecule has 4 rings (SSSR count). The van der Waals surface area contributed by atoms with E-state index in [1.165, 1.54) is 0 Å². The third-order valence-corrected chi connectivity index (χ3v) is 5.92. The molecule has 2 fully saturated rings. The number of hydrogen-bond donors (Lipinski definition) is 2. The van der Waals surface area contributed by atoms with Crippen molar-refractivity contribution in [3.05, 3.63) is 48.5 Å². The molecular weight excluding hydrogens is 356 g/mol. The van der Waals surface area contributed by atoms with Crippen LogP contribution in [-0.2, 0) is 7.05 Å². The predicted molar refractivity (Wildman–Crippen MR) is 105 cm³/mol. The maximum absolute atomic E-state index is 12.5. The van der Waals surface area contributed by atoms with Crippen LogP contribution in [-0.4, -0.2) is 63.3 Å². The lowest BCUT2D eigenvalue weighted by Gasteiger charge is -2.31. The van der Waals surface area contributed by atoms with Crippen molar-refractivity contribution in [3.8, 4) is 5.75 Å². The predicted octanol–water partition coefficient (Wildman–Crippen LogP) is 1.44. The van der Waals surface area contributed by atoms with E-state index in [-0.39, 0.29) is 24.0 Å². The second kappa shape index (κ2) is 8.32. The molecule has 1 aliphatic heterocycles. The van der Waals surface area contributed by atoms with E-state index >= 15 is 0 Å². The second-order valence-electron chi connectivity index (χ2n) is 7.79. The Bertz CT molecular complexity index is 788. The smallest absolute Gasteiger partial charge is 0.269 e. The molecule has 1 saturated heterocycles. The van der Waals surface area contributed by atoms with Gasteiger partial charge in [-0.25, -0.2) is 4.98 Å². The van der Waals surface area contributed by atoms with Crippen molar-refractivity contribution < 1.29 is 14.6 Å². The zero-order valence-corrected chi connectivity index (χ0v) is 16.2. The molecule has 0 radical (unpaired) electrons. The fourth-order valence-corrected chi connectivity index (χ4v) is 4.52. The van der Waals surface area contributed by atoms with E-state index < -0.39 is 6.10 Å². The minimum atomic E-state index is -0.572. The van der Waals surface area contributed by atoms with E-state index in [1.54, 1.807) is 24.1 Å². The summed E-state index contributed by atoms with van der Waals surface area (Å²) in [4.78, 5) is 18.9. The Balaban J connectivity index is 1.45. The molecular formula is C21H28N4O3. The Kier molecular flexibility index (Phi) is 5.64. The summed E-state index contributed by atoms with van der Waals surface area (Å²) in [5.41, 5.74) is 0.536. The van der Waals surface area contributed by atoms with Gasteiger partial charge in [-0.2, -0.15) is 0 Å². The van der Waals surface area contributed by atoms with Gasteiger partial charge in [0.1, 0.15) is 23.7 Å². The maximum atomic E-state index is 12.5. The van der Waals surface area contributed by atoms with Crippen molar-refractivity contribution in [3.63, 3.8) is 0 Å². The lowest BCUT2D eigenvalue weighted by Crippen LogP contribution is -2.47. The van der Waals surface area contributed by atoms with E-state index in [1.807, 2.05) is 30.3 Å². The van der Waals surface area contributed by atoms with E-state index in [4.69, 9.17) is 4.74 Å². The first kappa shape index (κ1) is 19.0. The van der Waals surface area contributed by atoms with Gasteiger partial charge in [0.15, 0.2) is 0 Å². The van der Waals surface area contributed by atoms with E-state index in [2.05, 4.69) is 15.2 Å². The molecule has 0 bridgehead atoms. The van der Waals surface area contributed by atoms with Gasteiger partial charge in [-0.1, -0.05) is 18.2 Å². The lowest BCUT2D eigenvalue weighted by molar-refractivity contribution is 0.0117.